The molecule has 28 heavy (non-hydrogen) atoms. The number of carboxylic acids is 1. The molecule has 0 saturated heterocycles. The molecular weight excluding hydrogens is 382 g/mol. The number of nitrogens with zero attached hydrogens (tertiary/aromatic N) is 4. The van der Waals surface area contributed by atoms with E-state index in [1.165, 1.54) is 16.9 Å². The van der Waals surface area contributed by atoms with Crippen molar-refractivity contribution >= 4 is 16.0 Å². The highest BCUT2D eigenvalue weighted by molar-refractivity contribution is 7.89. The Bertz CT molecular complexity index is 1060. The van der Waals surface area contributed by atoms with Crippen molar-refractivity contribution in [2.24, 2.45) is 5.92 Å². The monoisotopic (exact) mass is 401 g/mol. The number of hydrogen-bond donors (Lipinski definition) is 2. The van der Waals surface area contributed by atoms with E-state index < -0.39 is 28.0 Å². The maximum Gasteiger partial charge on any atom is 0.322 e. The SMILES string of the molecule is CC(C)[C@@H](NS(=O)(=O)c1ccc(-c2nnn(-c3ccccc3)n2)cc1)C(=O)O. The number of rotatable bonds is 7. The number of aromatic nitrogens is 4. The molecule has 0 amide bonds. The summed E-state index contributed by atoms with van der Waals surface area (Å²) >= 11 is 0. The topological polar surface area (TPSA) is 127 Å². The highest BCUT2D eigenvalue weighted by atomic mass is 32.2. The first-order valence-electron chi connectivity index (χ1n) is 8.49. The summed E-state index contributed by atoms with van der Waals surface area (Å²) in [7, 11) is -3.98. The van der Waals surface area contributed by atoms with Crippen molar-refractivity contribution in [3.8, 4) is 17.1 Å². The maximum atomic E-state index is 12.5. The van der Waals surface area contributed by atoms with Gasteiger partial charge < -0.3 is 5.11 Å². The fourth-order valence-corrected chi connectivity index (χ4v) is 3.83. The number of hydrogen-bond acceptors (Lipinski definition) is 6. The number of para-hydroxylation sites is 1. The van der Waals surface area contributed by atoms with Crippen molar-refractivity contribution in [1.82, 2.24) is 24.9 Å². The van der Waals surface area contributed by atoms with Gasteiger partial charge in [0.25, 0.3) is 0 Å². The molecule has 10 heteroatoms. The van der Waals surface area contributed by atoms with Crippen molar-refractivity contribution in [3.63, 3.8) is 0 Å². The Hall–Kier alpha value is -3.11. The molecular formula is C18H19N5O4S. The average Bonchev–Trinajstić information content (AvgIpc) is 3.17. The van der Waals surface area contributed by atoms with Crippen molar-refractivity contribution in [2.75, 3.05) is 0 Å². The molecule has 0 saturated carbocycles. The second kappa shape index (κ2) is 7.87. The molecule has 0 fully saturated rings. The minimum atomic E-state index is -3.98. The van der Waals surface area contributed by atoms with Gasteiger partial charge >= 0.3 is 5.97 Å². The standard InChI is InChI=1S/C18H19N5O4S/c1-12(2)16(18(24)25)21-28(26,27)15-10-8-13(9-11-15)17-19-22-23(20-17)14-6-4-3-5-7-14/h3-12,16,21H,1-2H3,(H,24,25)/t16-/m1/s1. The zero-order chi connectivity index (χ0) is 20.3. The lowest BCUT2D eigenvalue weighted by Gasteiger charge is -2.18. The lowest BCUT2D eigenvalue weighted by Crippen LogP contribution is -2.44. The second-order valence-corrected chi connectivity index (χ2v) is 8.16. The predicted molar refractivity (Wildman–Crippen MR) is 101 cm³/mol. The van der Waals surface area contributed by atoms with Crippen LogP contribution in [-0.2, 0) is 14.8 Å². The van der Waals surface area contributed by atoms with Crippen LogP contribution in [0, 0.1) is 5.92 Å². The fourth-order valence-electron chi connectivity index (χ4n) is 2.49. The molecule has 3 rings (SSSR count). The van der Waals surface area contributed by atoms with Crippen LogP contribution in [0.4, 0.5) is 0 Å². The average molecular weight is 401 g/mol. The van der Waals surface area contributed by atoms with Gasteiger partial charge in [-0.05, 0) is 47.5 Å². The summed E-state index contributed by atoms with van der Waals surface area (Å²) in [6.45, 7) is 3.26. The minimum Gasteiger partial charge on any atom is -0.480 e. The van der Waals surface area contributed by atoms with E-state index in [-0.39, 0.29) is 4.90 Å². The molecule has 9 nitrogen and oxygen atoms in total. The van der Waals surface area contributed by atoms with Gasteiger partial charge in [0.05, 0.1) is 10.6 Å². The Morgan fingerprint density at radius 3 is 2.29 bits per heavy atom. The van der Waals surface area contributed by atoms with E-state index in [1.54, 1.807) is 26.0 Å². The first-order chi connectivity index (χ1) is 13.3. The lowest BCUT2D eigenvalue weighted by atomic mass is 10.1. The molecule has 2 aromatic carbocycles. The van der Waals surface area contributed by atoms with E-state index >= 15 is 0 Å². The van der Waals surface area contributed by atoms with E-state index in [4.69, 9.17) is 0 Å². The highest BCUT2D eigenvalue weighted by Gasteiger charge is 2.28. The van der Waals surface area contributed by atoms with E-state index in [0.717, 1.165) is 5.69 Å². The lowest BCUT2D eigenvalue weighted by molar-refractivity contribution is -0.140. The largest absolute Gasteiger partial charge is 0.480 e. The number of aliphatic carboxylic acids is 1. The summed E-state index contributed by atoms with van der Waals surface area (Å²) in [5, 5.41) is 21.5. The number of nitrogens with one attached hydrogen (secondary N) is 1. The molecule has 0 bridgehead atoms. The number of benzene rings is 2. The number of carbonyl (C=O) groups is 1. The molecule has 0 aliphatic heterocycles. The molecule has 0 aliphatic carbocycles. The molecule has 146 valence electrons. The van der Waals surface area contributed by atoms with Gasteiger partial charge in [-0.15, -0.1) is 15.0 Å². The highest BCUT2D eigenvalue weighted by Crippen LogP contribution is 2.19. The van der Waals surface area contributed by atoms with E-state index in [0.29, 0.717) is 11.4 Å². The molecule has 1 heterocycles. The van der Waals surface area contributed by atoms with Crippen molar-refractivity contribution in [1.29, 1.82) is 0 Å². The summed E-state index contributed by atoms with van der Waals surface area (Å²) in [5.74, 6) is -1.29. The maximum absolute atomic E-state index is 12.5. The van der Waals surface area contributed by atoms with Gasteiger partial charge in [0, 0.05) is 5.56 Å². The van der Waals surface area contributed by atoms with Gasteiger partial charge in [-0.2, -0.15) is 4.72 Å². The molecule has 3 aromatic rings. The van der Waals surface area contributed by atoms with Crippen LogP contribution in [-0.4, -0.2) is 45.7 Å². The second-order valence-electron chi connectivity index (χ2n) is 6.44. The van der Waals surface area contributed by atoms with Crippen LogP contribution >= 0.6 is 0 Å². The first-order valence-corrected chi connectivity index (χ1v) is 9.97. The minimum absolute atomic E-state index is 0.0430. The molecule has 1 aromatic heterocycles. The number of carboxylic acid groups (broad SMARTS) is 1. The van der Waals surface area contributed by atoms with Crippen molar-refractivity contribution in [2.45, 2.75) is 24.8 Å². The Balaban J connectivity index is 1.82. The van der Waals surface area contributed by atoms with E-state index in [9.17, 15) is 18.3 Å². The van der Waals surface area contributed by atoms with Crippen molar-refractivity contribution < 1.29 is 18.3 Å². The van der Waals surface area contributed by atoms with Crippen LogP contribution in [0.5, 0.6) is 0 Å². The summed E-state index contributed by atoms with van der Waals surface area (Å²) in [6, 6.07) is 13.9. The molecule has 0 aliphatic rings. The Morgan fingerprint density at radius 1 is 1.07 bits per heavy atom. The summed E-state index contributed by atoms with van der Waals surface area (Å²) < 4.78 is 27.2. The van der Waals surface area contributed by atoms with Gasteiger partial charge in [0.2, 0.25) is 15.8 Å². The van der Waals surface area contributed by atoms with Gasteiger partial charge in [0.1, 0.15) is 6.04 Å². The zero-order valence-corrected chi connectivity index (χ0v) is 16.0. The smallest absolute Gasteiger partial charge is 0.322 e. The summed E-state index contributed by atoms with van der Waals surface area (Å²) in [5.41, 5.74) is 1.33. The molecule has 1 atom stereocenters. The van der Waals surface area contributed by atoms with Crippen LogP contribution in [0.25, 0.3) is 17.1 Å². The Labute approximate surface area is 162 Å². The quantitative estimate of drug-likeness (QED) is 0.617. The molecule has 0 radical (unpaired) electrons. The Kier molecular flexibility index (Phi) is 5.52. The van der Waals surface area contributed by atoms with Crippen LogP contribution in [0.1, 0.15) is 13.8 Å². The fraction of sp³-hybridized carbons (Fsp3) is 0.222. The van der Waals surface area contributed by atoms with Gasteiger partial charge in [0.15, 0.2) is 0 Å². The van der Waals surface area contributed by atoms with Gasteiger partial charge in [-0.3, -0.25) is 4.79 Å². The third-order valence-electron chi connectivity index (χ3n) is 4.04. The van der Waals surface area contributed by atoms with E-state index in [2.05, 4.69) is 20.1 Å². The normalized spacial score (nSPS) is 12.8. The summed E-state index contributed by atoms with van der Waals surface area (Å²) in [6.07, 6.45) is 0. The van der Waals surface area contributed by atoms with Crippen LogP contribution in [0.3, 0.4) is 0 Å². The Morgan fingerprint density at radius 2 is 1.71 bits per heavy atom. The van der Waals surface area contributed by atoms with Crippen LogP contribution in [0.2, 0.25) is 0 Å². The van der Waals surface area contributed by atoms with Gasteiger partial charge in [-0.1, -0.05) is 32.0 Å². The van der Waals surface area contributed by atoms with Gasteiger partial charge in [-0.25, -0.2) is 8.42 Å². The number of sulfonamides is 1. The molecule has 2 N–H and O–H groups in total. The zero-order valence-electron chi connectivity index (χ0n) is 15.2. The van der Waals surface area contributed by atoms with Crippen molar-refractivity contribution in [3.05, 3.63) is 54.6 Å². The molecule has 0 unspecified atom stereocenters. The first kappa shape index (κ1) is 19.6. The summed E-state index contributed by atoms with van der Waals surface area (Å²) in [4.78, 5) is 12.6. The predicted octanol–water partition coefficient (Wildman–Crippen LogP) is 1.72. The number of tetrazole rings is 1. The van der Waals surface area contributed by atoms with E-state index in [1.807, 2.05) is 30.3 Å². The molecule has 0 spiro atoms. The van der Waals surface area contributed by atoms with Crippen LogP contribution < -0.4 is 4.72 Å². The third kappa shape index (κ3) is 4.24. The third-order valence-corrected chi connectivity index (χ3v) is 5.50. The van der Waals surface area contributed by atoms with Crippen LogP contribution in [0.15, 0.2) is 59.5 Å².